The topological polar surface area (TPSA) is 46.2 Å². The molecular formula is C5H7NO2. The lowest BCUT2D eigenvalue weighted by Gasteiger charge is -1.92. The third kappa shape index (κ3) is 0.767. The molecule has 3 heteroatoms. The molecule has 0 aliphatic carbocycles. The van der Waals surface area contributed by atoms with E-state index in [-0.39, 0.29) is 5.78 Å². The Morgan fingerprint density at radius 2 is 2.50 bits per heavy atom. The fourth-order valence-electron chi connectivity index (χ4n) is 0.744. The van der Waals surface area contributed by atoms with Gasteiger partial charge in [0, 0.05) is 13.0 Å². The number of aldehydes is 1. The van der Waals surface area contributed by atoms with E-state index in [1.807, 2.05) is 0 Å². The summed E-state index contributed by atoms with van der Waals surface area (Å²) in [6, 6.07) is -0.505. The van der Waals surface area contributed by atoms with Crippen LogP contribution in [0.4, 0.5) is 0 Å². The predicted octanol–water partition coefficient (Wildman–Crippen LogP) is -0.884. The monoisotopic (exact) mass is 113 g/mol. The Kier molecular flexibility index (Phi) is 1.39. The molecule has 0 bridgehead atoms. The van der Waals surface area contributed by atoms with E-state index < -0.39 is 6.04 Å². The van der Waals surface area contributed by atoms with Gasteiger partial charge >= 0.3 is 0 Å². The zero-order valence-electron chi connectivity index (χ0n) is 4.39. The van der Waals surface area contributed by atoms with Crippen molar-refractivity contribution in [1.82, 2.24) is 5.32 Å². The first-order chi connectivity index (χ1) is 3.84. The lowest BCUT2D eigenvalue weighted by molar-refractivity contribution is -0.122. The van der Waals surface area contributed by atoms with E-state index in [1.54, 1.807) is 0 Å². The number of nitrogens with one attached hydrogen (secondary N) is 1. The van der Waals surface area contributed by atoms with Gasteiger partial charge in [-0.2, -0.15) is 0 Å². The molecule has 1 aliphatic rings. The molecule has 0 unspecified atom stereocenters. The molecule has 0 saturated carbocycles. The van der Waals surface area contributed by atoms with Crippen molar-refractivity contribution in [3.63, 3.8) is 0 Å². The minimum absolute atomic E-state index is 0.0139. The average molecular weight is 113 g/mol. The maximum atomic E-state index is 10.5. The van der Waals surface area contributed by atoms with Gasteiger partial charge in [0.25, 0.3) is 0 Å². The molecular weight excluding hydrogens is 106 g/mol. The van der Waals surface area contributed by atoms with Crippen LogP contribution >= 0.6 is 0 Å². The van der Waals surface area contributed by atoms with E-state index in [0.29, 0.717) is 19.3 Å². The molecule has 0 amide bonds. The van der Waals surface area contributed by atoms with Gasteiger partial charge < -0.3 is 10.1 Å². The second kappa shape index (κ2) is 2.05. The van der Waals surface area contributed by atoms with E-state index in [1.165, 1.54) is 0 Å². The van der Waals surface area contributed by atoms with Crippen molar-refractivity contribution < 1.29 is 9.59 Å². The summed E-state index contributed by atoms with van der Waals surface area (Å²) in [4.78, 5) is 20.4. The first-order valence-corrected chi connectivity index (χ1v) is 2.56. The summed E-state index contributed by atoms with van der Waals surface area (Å²) in [6.07, 6.45) is 1.15. The lowest BCUT2D eigenvalue weighted by Crippen LogP contribution is -2.27. The second-order valence-electron chi connectivity index (χ2n) is 1.78. The van der Waals surface area contributed by atoms with Gasteiger partial charge in [-0.1, -0.05) is 0 Å². The van der Waals surface area contributed by atoms with Crippen molar-refractivity contribution in [2.24, 2.45) is 0 Å². The number of Topliss-reactive ketones (excluding diaryl/α,β-unsaturated/α-hetero) is 1. The minimum atomic E-state index is -0.505. The van der Waals surface area contributed by atoms with Gasteiger partial charge in [0.05, 0.1) is 0 Å². The Hall–Kier alpha value is -0.700. The number of rotatable bonds is 1. The Morgan fingerprint density at radius 3 is 2.75 bits per heavy atom. The molecule has 1 fully saturated rings. The van der Waals surface area contributed by atoms with Crippen LogP contribution in [0.1, 0.15) is 6.42 Å². The summed E-state index contributed by atoms with van der Waals surface area (Å²) in [7, 11) is 0. The van der Waals surface area contributed by atoms with Crippen molar-refractivity contribution in [3.8, 4) is 0 Å². The molecule has 1 saturated heterocycles. The van der Waals surface area contributed by atoms with Crippen LogP contribution in [0, 0.1) is 0 Å². The first-order valence-electron chi connectivity index (χ1n) is 2.56. The van der Waals surface area contributed by atoms with E-state index in [2.05, 4.69) is 5.32 Å². The summed E-state index contributed by atoms with van der Waals surface area (Å²) in [6.45, 7) is 0.655. The third-order valence-corrected chi connectivity index (χ3v) is 1.22. The van der Waals surface area contributed by atoms with Crippen LogP contribution in [0.15, 0.2) is 0 Å². The molecule has 1 atom stereocenters. The molecule has 1 aliphatic heterocycles. The molecule has 3 nitrogen and oxygen atoms in total. The number of carbonyl (C=O) groups excluding carboxylic acids is 2. The van der Waals surface area contributed by atoms with Crippen molar-refractivity contribution in [3.05, 3.63) is 0 Å². The highest BCUT2D eigenvalue weighted by molar-refractivity contribution is 5.98. The first kappa shape index (κ1) is 5.44. The highest BCUT2D eigenvalue weighted by Crippen LogP contribution is 1.95. The fourth-order valence-corrected chi connectivity index (χ4v) is 0.744. The molecule has 0 spiro atoms. The maximum absolute atomic E-state index is 10.5. The molecule has 1 rings (SSSR count). The van der Waals surface area contributed by atoms with E-state index in [0.717, 1.165) is 0 Å². The highest BCUT2D eigenvalue weighted by atomic mass is 16.1. The SMILES string of the molecule is O=C[C@H]1NCCC1=O. The van der Waals surface area contributed by atoms with Crippen LogP contribution in [-0.2, 0) is 9.59 Å². The van der Waals surface area contributed by atoms with Gasteiger partial charge in [-0.25, -0.2) is 0 Å². The van der Waals surface area contributed by atoms with Crippen molar-refractivity contribution in [1.29, 1.82) is 0 Å². The number of hydrogen-bond donors (Lipinski definition) is 1. The summed E-state index contributed by atoms with van der Waals surface area (Å²) < 4.78 is 0. The van der Waals surface area contributed by atoms with Crippen LogP contribution in [-0.4, -0.2) is 24.7 Å². The average Bonchev–Trinajstić information content (AvgIpc) is 2.14. The molecule has 44 valence electrons. The summed E-state index contributed by atoms with van der Waals surface area (Å²) in [5, 5.41) is 2.74. The van der Waals surface area contributed by atoms with Crippen LogP contribution < -0.4 is 5.32 Å². The second-order valence-corrected chi connectivity index (χ2v) is 1.78. The number of hydrogen-bond acceptors (Lipinski definition) is 3. The van der Waals surface area contributed by atoms with Crippen LogP contribution in [0.3, 0.4) is 0 Å². The smallest absolute Gasteiger partial charge is 0.158 e. The molecule has 1 heterocycles. The van der Waals surface area contributed by atoms with Crippen molar-refractivity contribution in [2.75, 3.05) is 6.54 Å². The standard InChI is InChI=1S/C5H7NO2/c7-3-4-5(8)1-2-6-4/h3-4,6H,1-2H2/t4-/m1/s1. The quantitative estimate of drug-likeness (QED) is 0.354. The molecule has 0 aromatic heterocycles. The Balaban J connectivity index is 2.54. The van der Waals surface area contributed by atoms with Gasteiger partial charge in [0.15, 0.2) is 5.78 Å². The van der Waals surface area contributed by atoms with Crippen LogP contribution in [0.25, 0.3) is 0 Å². The molecule has 0 aromatic rings. The Morgan fingerprint density at radius 1 is 1.75 bits per heavy atom. The zero-order valence-corrected chi connectivity index (χ0v) is 4.39. The highest BCUT2D eigenvalue weighted by Gasteiger charge is 2.21. The normalized spacial score (nSPS) is 28.5. The van der Waals surface area contributed by atoms with Gasteiger partial charge in [-0.05, 0) is 0 Å². The molecule has 1 N–H and O–H groups in total. The summed E-state index contributed by atoms with van der Waals surface area (Å²) >= 11 is 0. The third-order valence-electron chi connectivity index (χ3n) is 1.22. The zero-order chi connectivity index (χ0) is 5.98. The van der Waals surface area contributed by atoms with Crippen LogP contribution in [0.2, 0.25) is 0 Å². The van der Waals surface area contributed by atoms with E-state index in [9.17, 15) is 9.59 Å². The van der Waals surface area contributed by atoms with Crippen LogP contribution in [0.5, 0.6) is 0 Å². The van der Waals surface area contributed by atoms with E-state index >= 15 is 0 Å². The Labute approximate surface area is 47.1 Å². The lowest BCUT2D eigenvalue weighted by atomic mass is 10.2. The van der Waals surface area contributed by atoms with Gasteiger partial charge in [-0.15, -0.1) is 0 Å². The molecule has 0 aromatic carbocycles. The summed E-state index contributed by atoms with van der Waals surface area (Å²) in [5.74, 6) is 0.0139. The van der Waals surface area contributed by atoms with E-state index in [4.69, 9.17) is 0 Å². The largest absolute Gasteiger partial charge is 0.301 e. The summed E-state index contributed by atoms with van der Waals surface area (Å²) in [5.41, 5.74) is 0. The van der Waals surface area contributed by atoms with Gasteiger partial charge in [0.2, 0.25) is 0 Å². The molecule has 0 radical (unpaired) electrons. The minimum Gasteiger partial charge on any atom is -0.301 e. The predicted molar refractivity (Wildman–Crippen MR) is 27.5 cm³/mol. The van der Waals surface area contributed by atoms with Gasteiger partial charge in [0.1, 0.15) is 12.3 Å². The van der Waals surface area contributed by atoms with Crippen molar-refractivity contribution in [2.45, 2.75) is 12.5 Å². The number of ketones is 1. The molecule has 8 heavy (non-hydrogen) atoms. The maximum Gasteiger partial charge on any atom is 0.158 e. The fraction of sp³-hybridized carbons (Fsp3) is 0.600. The number of carbonyl (C=O) groups is 2. The van der Waals surface area contributed by atoms with Crippen molar-refractivity contribution >= 4 is 12.1 Å². The Bertz CT molecular complexity index is 122. The van der Waals surface area contributed by atoms with Gasteiger partial charge in [-0.3, -0.25) is 4.79 Å².